The Bertz CT molecular complexity index is 2110. The largest absolute Gasteiger partial charge is 0.468 e. The van der Waals surface area contributed by atoms with E-state index < -0.39 is 25.3 Å². The number of nitrogens with one attached hydrogen (secondary N) is 1. The van der Waals surface area contributed by atoms with Crippen molar-refractivity contribution >= 4 is 35.6 Å². The Balaban J connectivity index is 1.54. The van der Waals surface area contributed by atoms with E-state index in [4.69, 9.17) is 28.9 Å². The zero-order chi connectivity index (χ0) is 41.8. The van der Waals surface area contributed by atoms with Crippen LogP contribution >= 0.6 is 0 Å². The SMILES string of the molecule is COCOc1cc(-c2ncc3c(N4CCC[C@@](C)(O)C4)nc(OC[C@@H](CN4CCNCC4)OC)nc3c2F)c2c(C#C[Si](C(C)C)(C(C)C)C(C)C)c(F)ccc2c1. The fourth-order valence-corrected chi connectivity index (χ4v) is 14.2. The second kappa shape index (κ2) is 18.5. The van der Waals surface area contributed by atoms with Crippen LogP contribution in [0.1, 0.15) is 66.9 Å². The van der Waals surface area contributed by atoms with E-state index in [1.165, 1.54) is 13.2 Å². The smallest absolute Gasteiger partial charge is 0.319 e. The molecule has 0 saturated carbocycles. The Hall–Kier alpha value is -3.97. The lowest BCUT2D eigenvalue weighted by Gasteiger charge is -2.38. The molecule has 6 rings (SSSR count). The topological polar surface area (TPSA) is 114 Å². The van der Waals surface area contributed by atoms with Crippen molar-refractivity contribution < 1.29 is 32.8 Å². The molecule has 0 spiro atoms. The van der Waals surface area contributed by atoms with E-state index in [1.54, 1.807) is 38.4 Å². The summed E-state index contributed by atoms with van der Waals surface area (Å²) in [6.07, 6.45) is 2.60. The van der Waals surface area contributed by atoms with Crippen LogP contribution in [-0.4, -0.2) is 118 Å². The molecule has 314 valence electrons. The lowest BCUT2D eigenvalue weighted by atomic mass is 9.94. The molecule has 2 aromatic heterocycles. The molecule has 2 atom stereocenters. The average Bonchev–Trinajstić information content (AvgIpc) is 3.19. The third-order valence-electron chi connectivity index (χ3n) is 11.9. The summed E-state index contributed by atoms with van der Waals surface area (Å²) in [5.41, 5.74) is 4.07. The lowest BCUT2D eigenvalue weighted by molar-refractivity contribution is 0.0243. The number of rotatable bonds is 14. The fraction of sp³-hybridized carbons (Fsp3) is 0.568. The Morgan fingerprint density at radius 2 is 1.71 bits per heavy atom. The minimum absolute atomic E-state index is 0.0162. The van der Waals surface area contributed by atoms with Gasteiger partial charge in [-0.15, -0.1) is 5.54 Å². The second-order valence-corrected chi connectivity index (χ2v) is 22.5. The van der Waals surface area contributed by atoms with Crippen LogP contribution in [0.2, 0.25) is 16.6 Å². The Kier molecular flexibility index (Phi) is 13.9. The van der Waals surface area contributed by atoms with Gasteiger partial charge in [0.1, 0.15) is 49.4 Å². The van der Waals surface area contributed by atoms with Crippen molar-refractivity contribution in [2.24, 2.45) is 0 Å². The molecule has 0 aliphatic carbocycles. The van der Waals surface area contributed by atoms with Crippen LogP contribution in [0.4, 0.5) is 14.6 Å². The zero-order valence-corrected chi connectivity index (χ0v) is 36.5. The van der Waals surface area contributed by atoms with Gasteiger partial charge in [-0.1, -0.05) is 53.5 Å². The number of methoxy groups -OCH3 is 2. The number of halogens is 2. The standard InChI is InChI=1S/C44H60F2N6O5Si/c1-28(2)58(29(3)4,30(5)6)20-13-34-37(45)12-11-31-21-32(57-27-54-8)22-35(38(31)34)40-39(46)41-36(23-48-40)42(52-17-10-14-44(7,53)26-52)50-43(49-41)56-25-33(55-9)24-51-18-15-47-16-19-51/h11-12,21-23,28-30,33,47,53H,10,14-19,24-27H2,1-9H3/t33-,44-/m1/s1. The molecule has 2 saturated heterocycles. The predicted octanol–water partition coefficient (Wildman–Crippen LogP) is 7.33. The lowest BCUT2D eigenvalue weighted by Crippen LogP contribution is -2.47. The molecule has 2 aliphatic heterocycles. The van der Waals surface area contributed by atoms with E-state index in [2.05, 4.69) is 68.2 Å². The maximum atomic E-state index is 17.5. The first-order chi connectivity index (χ1) is 27.7. The third kappa shape index (κ3) is 9.25. The highest BCUT2D eigenvalue weighted by Crippen LogP contribution is 2.43. The number of aliphatic hydroxyl groups is 1. The van der Waals surface area contributed by atoms with Gasteiger partial charge in [0.2, 0.25) is 0 Å². The normalized spacial score (nSPS) is 18.6. The summed E-state index contributed by atoms with van der Waals surface area (Å²) in [6, 6.07) is 6.46. The van der Waals surface area contributed by atoms with E-state index in [9.17, 15) is 5.11 Å². The number of piperidine rings is 1. The summed E-state index contributed by atoms with van der Waals surface area (Å²) in [5.74, 6) is 2.89. The van der Waals surface area contributed by atoms with Crippen LogP contribution in [-0.2, 0) is 9.47 Å². The van der Waals surface area contributed by atoms with Crippen molar-refractivity contribution in [3.63, 3.8) is 0 Å². The summed E-state index contributed by atoms with van der Waals surface area (Å²) < 4.78 is 56.9. The van der Waals surface area contributed by atoms with Crippen molar-refractivity contribution in [1.29, 1.82) is 0 Å². The maximum Gasteiger partial charge on any atom is 0.319 e. The number of nitrogens with zero attached hydrogens (tertiary/aromatic N) is 5. The summed E-state index contributed by atoms with van der Waals surface area (Å²) in [7, 11) is 0.868. The number of pyridine rings is 1. The van der Waals surface area contributed by atoms with Gasteiger partial charge in [0.05, 0.1) is 16.6 Å². The minimum atomic E-state index is -2.29. The molecule has 2 fully saturated rings. The van der Waals surface area contributed by atoms with Crippen molar-refractivity contribution in [3.8, 4) is 34.5 Å². The van der Waals surface area contributed by atoms with Gasteiger partial charge in [0, 0.05) is 77.2 Å². The first-order valence-corrected chi connectivity index (χ1v) is 22.8. The highest BCUT2D eigenvalue weighted by atomic mass is 28.3. The van der Waals surface area contributed by atoms with Gasteiger partial charge in [0.25, 0.3) is 0 Å². The van der Waals surface area contributed by atoms with Gasteiger partial charge in [-0.05, 0) is 60.0 Å². The molecule has 2 N–H and O–H groups in total. The molecule has 2 aromatic carbocycles. The molecule has 4 aromatic rings. The molecule has 58 heavy (non-hydrogen) atoms. The molecular weight excluding hydrogens is 759 g/mol. The Morgan fingerprint density at radius 1 is 0.983 bits per heavy atom. The average molecular weight is 819 g/mol. The Morgan fingerprint density at radius 3 is 2.36 bits per heavy atom. The van der Waals surface area contributed by atoms with E-state index >= 15 is 8.78 Å². The number of hydrogen-bond acceptors (Lipinski definition) is 11. The number of hydrogen-bond donors (Lipinski definition) is 2. The molecule has 2 aliphatic rings. The van der Waals surface area contributed by atoms with Gasteiger partial charge >= 0.3 is 6.01 Å². The van der Waals surface area contributed by atoms with Gasteiger partial charge < -0.3 is 34.3 Å². The predicted molar refractivity (Wildman–Crippen MR) is 228 cm³/mol. The summed E-state index contributed by atoms with van der Waals surface area (Å²) in [6.45, 7) is 20.2. The first-order valence-electron chi connectivity index (χ1n) is 20.5. The second-order valence-electron chi connectivity index (χ2n) is 16.9. The highest BCUT2D eigenvalue weighted by molar-refractivity contribution is 6.90. The van der Waals surface area contributed by atoms with Crippen molar-refractivity contribution in [2.75, 3.05) is 78.3 Å². The van der Waals surface area contributed by atoms with Crippen molar-refractivity contribution in [2.45, 2.75) is 89.6 Å². The molecule has 11 nitrogen and oxygen atoms in total. The van der Waals surface area contributed by atoms with Crippen LogP contribution in [0.3, 0.4) is 0 Å². The van der Waals surface area contributed by atoms with Crippen molar-refractivity contribution in [1.82, 2.24) is 25.2 Å². The van der Waals surface area contributed by atoms with Gasteiger partial charge in [-0.25, -0.2) is 8.78 Å². The van der Waals surface area contributed by atoms with E-state index in [1.807, 2.05) is 4.90 Å². The van der Waals surface area contributed by atoms with Gasteiger partial charge in [0.15, 0.2) is 12.6 Å². The number of benzene rings is 2. The van der Waals surface area contributed by atoms with E-state index in [0.29, 0.717) is 75.8 Å². The summed E-state index contributed by atoms with van der Waals surface area (Å²) >= 11 is 0. The van der Waals surface area contributed by atoms with E-state index in [-0.39, 0.29) is 48.8 Å². The quantitative estimate of drug-likeness (QED) is 0.0758. The minimum Gasteiger partial charge on any atom is -0.468 e. The van der Waals surface area contributed by atoms with Crippen LogP contribution in [0, 0.1) is 23.1 Å². The summed E-state index contributed by atoms with van der Waals surface area (Å²) in [5, 5.41) is 15.9. The first kappa shape index (κ1) is 43.6. The van der Waals surface area contributed by atoms with Gasteiger partial charge in [-0.3, -0.25) is 9.88 Å². The number of anilines is 1. The number of piperazine rings is 1. The van der Waals surface area contributed by atoms with Gasteiger partial charge in [-0.2, -0.15) is 9.97 Å². The number of ether oxygens (including phenoxy) is 4. The third-order valence-corrected chi connectivity index (χ3v) is 18.2. The monoisotopic (exact) mass is 818 g/mol. The molecule has 0 amide bonds. The number of β-amino-alcohol motifs (C(OH)–C–C–N with tert-alkyl or cyclic N) is 1. The maximum absolute atomic E-state index is 17.5. The highest BCUT2D eigenvalue weighted by Gasteiger charge is 2.42. The van der Waals surface area contributed by atoms with Crippen LogP contribution in [0.15, 0.2) is 30.5 Å². The molecule has 0 unspecified atom stereocenters. The molecule has 0 radical (unpaired) electrons. The fourth-order valence-electron chi connectivity index (χ4n) is 9.00. The van der Waals surface area contributed by atoms with E-state index in [0.717, 1.165) is 26.2 Å². The molecule has 0 bridgehead atoms. The molecular formula is C44H60F2N6O5Si. The summed E-state index contributed by atoms with van der Waals surface area (Å²) in [4.78, 5) is 18.4. The van der Waals surface area contributed by atoms with Crippen molar-refractivity contribution in [3.05, 3.63) is 47.7 Å². The molecule has 4 heterocycles. The van der Waals surface area contributed by atoms with Crippen LogP contribution in [0.25, 0.3) is 32.9 Å². The Labute approximate surface area is 342 Å². The molecule has 14 heteroatoms. The van der Waals surface area contributed by atoms with Crippen LogP contribution < -0.4 is 19.7 Å². The number of fused-ring (bicyclic) bond motifs is 2. The van der Waals surface area contributed by atoms with Crippen LogP contribution in [0.5, 0.6) is 11.8 Å². The zero-order valence-electron chi connectivity index (χ0n) is 35.5. The number of aromatic nitrogens is 3.